The molecule has 3 rings (SSSR count). The topological polar surface area (TPSA) is 81.9 Å². The number of benzene rings is 1. The second-order valence-corrected chi connectivity index (χ2v) is 7.36. The second-order valence-electron chi connectivity index (χ2n) is 5.50. The molecule has 0 bridgehead atoms. The van der Waals surface area contributed by atoms with E-state index < -0.39 is 10.0 Å². The van der Waals surface area contributed by atoms with E-state index in [4.69, 9.17) is 15.2 Å². The van der Waals surface area contributed by atoms with Gasteiger partial charge in [0.1, 0.15) is 10.6 Å². The van der Waals surface area contributed by atoms with E-state index in [9.17, 15) is 8.42 Å². The molecule has 0 radical (unpaired) electrons. The first kappa shape index (κ1) is 14.6. The highest BCUT2D eigenvalue weighted by atomic mass is 32.2. The van der Waals surface area contributed by atoms with E-state index in [0.29, 0.717) is 37.8 Å². The van der Waals surface area contributed by atoms with Gasteiger partial charge in [-0.2, -0.15) is 4.31 Å². The summed E-state index contributed by atoms with van der Waals surface area (Å²) in [6.07, 6.45) is 1.67. The Kier molecular flexibility index (Phi) is 3.81. The summed E-state index contributed by atoms with van der Waals surface area (Å²) in [6.45, 7) is 3.56. The Hall–Kier alpha value is -1.31. The van der Waals surface area contributed by atoms with Crippen LogP contribution in [-0.4, -0.2) is 45.1 Å². The van der Waals surface area contributed by atoms with Crippen molar-refractivity contribution in [2.45, 2.75) is 30.7 Å². The molecule has 1 fully saturated rings. The summed E-state index contributed by atoms with van der Waals surface area (Å²) in [4.78, 5) is 0.186. The molecule has 6 nitrogen and oxygen atoms in total. The zero-order valence-electron chi connectivity index (χ0n) is 12.0. The van der Waals surface area contributed by atoms with Crippen molar-refractivity contribution in [1.29, 1.82) is 0 Å². The smallest absolute Gasteiger partial charge is 0.247 e. The maximum Gasteiger partial charge on any atom is 0.247 e. The van der Waals surface area contributed by atoms with Gasteiger partial charge in [-0.05, 0) is 37.5 Å². The summed E-state index contributed by atoms with van der Waals surface area (Å²) in [5.74, 6) is 0.467. The zero-order valence-corrected chi connectivity index (χ0v) is 12.9. The summed E-state index contributed by atoms with van der Waals surface area (Å²) in [5, 5.41) is 0. The molecule has 116 valence electrons. The van der Waals surface area contributed by atoms with Crippen LogP contribution in [0.4, 0.5) is 5.69 Å². The Morgan fingerprint density at radius 3 is 2.90 bits per heavy atom. The number of anilines is 1. The first-order valence-electron chi connectivity index (χ1n) is 7.15. The minimum absolute atomic E-state index is 0.186. The van der Waals surface area contributed by atoms with Gasteiger partial charge < -0.3 is 15.2 Å². The number of fused-ring (bicyclic) bond motifs is 1. The van der Waals surface area contributed by atoms with Crippen molar-refractivity contribution in [1.82, 2.24) is 4.31 Å². The number of morpholine rings is 1. The molecule has 2 N–H and O–H groups in total. The van der Waals surface area contributed by atoms with Crippen molar-refractivity contribution in [2.75, 3.05) is 32.1 Å². The highest BCUT2D eigenvalue weighted by molar-refractivity contribution is 7.89. The van der Waals surface area contributed by atoms with Crippen molar-refractivity contribution in [3.63, 3.8) is 0 Å². The van der Waals surface area contributed by atoms with Crippen LogP contribution in [0, 0.1) is 0 Å². The van der Waals surface area contributed by atoms with Crippen LogP contribution < -0.4 is 10.5 Å². The molecule has 0 unspecified atom stereocenters. The fourth-order valence-corrected chi connectivity index (χ4v) is 4.67. The van der Waals surface area contributed by atoms with Gasteiger partial charge in [-0.25, -0.2) is 8.42 Å². The van der Waals surface area contributed by atoms with Crippen LogP contribution in [0.2, 0.25) is 0 Å². The Labute approximate surface area is 124 Å². The predicted molar refractivity (Wildman–Crippen MR) is 78.8 cm³/mol. The van der Waals surface area contributed by atoms with E-state index in [1.807, 2.05) is 6.92 Å². The van der Waals surface area contributed by atoms with Gasteiger partial charge in [0.15, 0.2) is 0 Å². The average molecular weight is 312 g/mol. The third kappa shape index (κ3) is 2.61. The van der Waals surface area contributed by atoms with Gasteiger partial charge in [0, 0.05) is 18.3 Å². The molecule has 0 aliphatic carbocycles. The Morgan fingerprint density at radius 1 is 1.33 bits per heavy atom. The van der Waals surface area contributed by atoms with Crippen LogP contribution in [0.1, 0.15) is 18.9 Å². The number of nitrogen functional groups attached to an aromatic ring is 1. The van der Waals surface area contributed by atoms with E-state index in [1.54, 1.807) is 6.07 Å². The van der Waals surface area contributed by atoms with Gasteiger partial charge in [-0.1, -0.05) is 0 Å². The maximum absolute atomic E-state index is 13.0. The normalized spacial score (nSPS) is 23.4. The Morgan fingerprint density at radius 2 is 2.14 bits per heavy atom. The van der Waals surface area contributed by atoms with Crippen LogP contribution >= 0.6 is 0 Å². The molecule has 2 heterocycles. The zero-order chi connectivity index (χ0) is 15.0. The highest BCUT2D eigenvalue weighted by Crippen LogP contribution is 2.36. The molecular weight excluding hydrogens is 292 g/mol. The largest absolute Gasteiger partial charge is 0.492 e. The third-order valence-electron chi connectivity index (χ3n) is 3.88. The lowest BCUT2D eigenvalue weighted by Crippen LogP contribution is -2.47. The predicted octanol–water partition coefficient (Wildman–Crippen LogP) is 1.00. The van der Waals surface area contributed by atoms with Crippen molar-refractivity contribution < 1.29 is 17.9 Å². The average Bonchev–Trinajstić information content (AvgIpc) is 2.46. The molecule has 0 amide bonds. The fourth-order valence-electron chi connectivity index (χ4n) is 2.86. The van der Waals surface area contributed by atoms with E-state index >= 15 is 0 Å². The molecule has 0 aromatic heterocycles. The number of nitrogens with zero attached hydrogens (tertiary/aromatic N) is 1. The number of rotatable bonds is 2. The van der Waals surface area contributed by atoms with Crippen molar-refractivity contribution in [3.05, 3.63) is 17.7 Å². The summed E-state index contributed by atoms with van der Waals surface area (Å²) in [6, 6.07) is 3.11. The fraction of sp³-hybridized carbons (Fsp3) is 0.571. The van der Waals surface area contributed by atoms with Gasteiger partial charge in [0.25, 0.3) is 0 Å². The van der Waals surface area contributed by atoms with E-state index in [1.165, 1.54) is 10.4 Å². The van der Waals surface area contributed by atoms with Gasteiger partial charge in [0.2, 0.25) is 10.0 Å². The Bertz CT molecular complexity index is 645. The molecule has 21 heavy (non-hydrogen) atoms. The van der Waals surface area contributed by atoms with Crippen LogP contribution in [-0.2, 0) is 21.2 Å². The van der Waals surface area contributed by atoms with Gasteiger partial charge >= 0.3 is 0 Å². The number of nitrogens with two attached hydrogens (primary N) is 1. The Balaban J connectivity index is 2.08. The molecule has 2 aliphatic heterocycles. The lowest BCUT2D eigenvalue weighted by Gasteiger charge is -2.33. The minimum Gasteiger partial charge on any atom is -0.492 e. The van der Waals surface area contributed by atoms with Crippen LogP contribution in [0.3, 0.4) is 0 Å². The molecule has 1 aromatic rings. The summed E-state index contributed by atoms with van der Waals surface area (Å²) >= 11 is 0. The van der Waals surface area contributed by atoms with Crippen LogP contribution in [0.25, 0.3) is 0 Å². The van der Waals surface area contributed by atoms with E-state index in [0.717, 1.165) is 18.4 Å². The number of sulfonamides is 1. The highest BCUT2D eigenvalue weighted by Gasteiger charge is 2.35. The summed E-state index contributed by atoms with van der Waals surface area (Å²) in [5.41, 5.74) is 7.21. The van der Waals surface area contributed by atoms with Crippen molar-refractivity contribution >= 4 is 15.7 Å². The monoisotopic (exact) mass is 312 g/mol. The standard InChI is InChI=1S/C14H20N2O4S/c1-10-9-19-6-4-16(10)21(17,18)13-8-12(15)7-11-3-2-5-20-14(11)13/h7-8,10H,2-6,9,15H2,1H3/t10-/m1/s1. The lowest BCUT2D eigenvalue weighted by atomic mass is 10.1. The first-order chi connectivity index (χ1) is 10.00. The molecule has 1 aromatic carbocycles. The van der Waals surface area contributed by atoms with Gasteiger partial charge in [-0.15, -0.1) is 0 Å². The van der Waals surface area contributed by atoms with Crippen molar-refractivity contribution in [2.24, 2.45) is 0 Å². The molecule has 0 spiro atoms. The molecule has 2 aliphatic rings. The van der Waals surface area contributed by atoms with E-state index in [2.05, 4.69) is 0 Å². The summed E-state index contributed by atoms with van der Waals surface area (Å²) < 4.78 is 38.3. The molecule has 0 saturated carbocycles. The summed E-state index contributed by atoms with van der Waals surface area (Å²) in [7, 11) is -3.63. The van der Waals surface area contributed by atoms with Crippen LogP contribution in [0.15, 0.2) is 17.0 Å². The second kappa shape index (κ2) is 5.47. The first-order valence-corrected chi connectivity index (χ1v) is 8.59. The van der Waals surface area contributed by atoms with Gasteiger partial charge in [-0.3, -0.25) is 0 Å². The molecule has 1 saturated heterocycles. The van der Waals surface area contributed by atoms with Crippen LogP contribution in [0.5, 0.6) is 5.75 Å². The van der Waals surface area contributed by atoms with Crippen molar-refractivity contribution in [3.8, 4) is 5.75 Å². The quantitative estimate of drug-likeness (QED) is 0.824. The minimum atomic E-state index is -3.63. The number of aryl methyl sites for hydroxylation is 1. The lowest BCUT2D eigenvalue weighted by molar-refractivity contribution is 0.0392. The molecule has 7 heteroatoms. The number of hydrogen-bond donors (Lipinski definition) is 1. The molecule has 1 atom stereocenters. The number of hydrogen-bond acceptors (Lipinski definition) is 5. The van der Waals surface area contributed by atoms with Gasteiger partial charge in [0.05, 0.1) is 19.8 Å². The molecular formula is C14H20N2O4S. The maximum atomic E-state index is 13.0. The van der Waals surface area contributed by atoms with E-state index in [-0.39, 0.29) is 10.9 Å². The number of ether oxygens (including phenoxy) is 2. The SMILES string of the molecule is C[C@@H]1COCCN1S(=O)(=O)c1cc(N)cc2c1OCCC2. The third-order valence-corrected chi connectivity index (χ3v) is 5.90.